The molecule has 2 saturated heterocycles. The van der Waals surface area contributed by atoms with Crippen molar-refractivity contribution in [1.29, 1.82) is 0 Å². The van der Waals surface area contributed by atoms with Crippen LogP contribution in [0.4, 0.5) is 0 Å². The maximum absolute atomic E-state index is 12.7. The first-order valence-corrected chi connectivity index (χ1v) is 13.7. The number of esters is 1. The number of carbonyl (C=O) groups is 1. The van der Waals surface area contributed by atoms with Crippen LogP contribution in [0.2, 0.25) is 0 Å². The van der Waals surface area contributed by atoms with E-state index < -0.39 is 79.7 Å². The Hall–Kier alpha value is -3.51. The number of aliphatic hydroxyl groups excluding tert-OH is 5. The van der Waals surface area contributed by atoms with Crippen molar-refractivity contribution >= 4 is 12.0 Å². The highest BCUT2D eigenvalue weighted by Gasteiger charge is 2.49. The molecule has 0 unspecified atom stereocenters. The van der Waals surface area contributed by atoms with E-state index in [1.54, 1.807) is 6.07 Å². The summed E-state index contributed by atoms with van der Waals surface area (Å²) in [6.45, 7) is 0.890. The van der Waals surface area contributed by atoms with Gasteiger partial charge in [-0.25, -0.2) is 4.79 Å². The molecule has 2 fully saturated rings. The minimum Gasteiger partial charge on any atom is -0.504 e. The Morgan fingerprint density at radius 2 is 1.41 bits per heavy atom. The highest BCUT2D eigenvalue weighted by atomic mass is 16.7. The van der Waals surface area contributed by atoms with Crippen LogP contribution in [0, 0.1) is 0 Å². The average molecular weight is 625 g/mol. The predicted molar refractivity (Wildman–Crippen MR) is 147 cm³/mol. The summed E-state index contributed by atoms with van der Waals surface area (Å²) in [6, 6.07) is 8.00. The smallest absolute Gasteiger partial charge is 0.331 e. The molecule has 2 aliphatic heterocycles. The Balaban J connectivity index is 1.45. The third kappa shape index (κ3) is 7.95. The molecule has 0 spiro atoms. The van der Waals surface area contributed by atoms with Gasteiger partial charge in [0.1, 0.15) is 36.6 Å². The normalized spacial score (nSPS) is 32.5. The summed E-state index contributed by atoms with van der Waals surface area (Å²) in [5.74, 6) is -2.37. The molecular weight excluding hydrogens is 588 g/mol. The molecule has 15 heteroatoms. The van der Waals surface area contributed by atoms with Crippen LogP contribution in [0.15, 0.2) is 42.5 Å². The fourth-order valence-corrected chi connectivity index (χ4v) is 4.66. The first kappa shape index (κ1) is 33.4. The molecule has 0 aliphatic carbocycles. The number of ether oxygens (including phenoxy) is 5. The third-order valence-electron chi connectivity index (χ3n) is 7.25. The summed E-state index contributed by atoms with van der Waals surface area (Å²) in [4.78, 5) is 12.7. The van der Waals surface area contributed by atoms with E-state index in [1.165, 1.54) is 43.3 Å². The summed E-state index contributed by atoms with van der Waals surface area (Å²) in [7, 11) is 0. The molecule has 0 bridgehead atoms. The Bertz CT molecular complexity index is 1300. The van der Waals surface area contributed by atoms with Crippen molar-refractivity contribution in [1.82, 2.24) is 0 Å². The van der Waals surface area contributed by atoms with Crippen LogP contribution in [0.25, 0.3) is 6.08 Å². The van der Waals surface area contributed by atoms with Gasteiger partial charge in [0.15, 0.2) is 41.7 Å². The Morgan fingerprint density at radius 3 is 2.09 bits per heavy atom. The molecule has 0 amide bonds. The second-order valence-corrected chi connectivity index (χ2v) is 10.5. The maximum Gasteiger partial charge on any atom is 0.331 e. The number of carbonyl (C=O) groups excluding carboxylic acids is 1. The van der Waals surface area contributed by atoms with Crippen LogP contribution in [0.3, 0.4) is 0 Å². The Morgan fingerprint density at radius 1 is 0.773 bits per heavy atom. The summed E-state index contributed by atoms with van der Waals surface area (Å²) in [5.41, 5.74) is 0.927. The Kier molecular flexibility index (Phi) is 11.0. The number of aliphatic hydroxyl groups is 5. The number of rotatable bonds is 10. The van der Waals surface area contributed by atoms with E-state index in [0.29, 0.717) is 11.1 Å². The van der Waals surface area contributed by atoms with E-state index in [9.17, 15) is 50.8 Å². The van der Waals surface area contributed by atoms with Crippen molar-refractivity contribution in [3.63, 3.8) is 0 Å². The van der Waals surface area contributed by atoms with Gasteiger partial charge in [0.25, 0.3) is 0 Å². The van der Waals surface area contributed by atoms with Crippen molar-refractivity contribution in [2.24, 2.45) is 0 Å². The molecule has 10 atom stereocenters. The van der Waals surface area contributed by atoms with Crippen LogP contribution < -0.4 is 0 Å². The van der Waals surface area contributed by atoms with Crippen LogP contribution in [-0.4, -0.2) is 127 Å². The fourth-order valence-electron chi connectivity index (χ4n) is 4.66. The largest absolute Gasteiger partial charge is 0.504 e. The molecular formula is C29H36O15. The van der Waals surface area contributed by atoms with Gasteiger partial charge in [-0.2, -0.15) is 0 Å². The van der Waals surface area contributed by atoms with Crippen LogP contribution >= 0.6 is 0 Å². The number of phenols is 4. The SMILES string of the molecule is C[C@@H]1O[C@@H](OC[C@H]2O[C@@H](OCCc3ccc(O)c(O)c3)[C@H](O)[C@@H](O)[C@@H]2OC(=O)/C=C/c2ccc(O)c(O)c2)[C@H](O)[C@H](O)[C@@H]1O. The minimum atomic E-state index is -1.75. The summed E-state index contributed by atoms with van der Waals surface area (Å²) >= 11 is 0. The van der Waals surface area contributed by atoms with Crippen molar-refractivity contribution in [3.8, 4) is 23.0 Å². The van der Waals surface area contributed by atoms with Gasteiger partial charge in [0, 0.05) is 6.08 Å². The third-order valence-corrected chi connectivity index (χ3v) is 7.25. The van der Waals surface area contributed by atoms with Gasteiger partial charge >= 0.3 is 5.97 Å². The molecule has 2 aliphatic rings. The van der Waals surface area contributed by atoms with E-state index in [2.05, 4.69) is 0 Å². The lowest BCUT2D eigenvalue weighted by Crippen LogP contribution is -2.62. The highest BCUT2D eigenvalue weighted by Crippen LogP contribution is 2.29. The van der Waals surface area contributed by atoms with E-state index in [4.69, 9.17) is 23.7 Å². The molecule has 2 heterocycles. The summed E-state index contributed by atoms with van der Waals surface area (Å²) in [5, 5.41) is 90.3. The van der Waals surface area contributed by atoms with Crippen molar-refractivity contribution in [3.05, 3.63) is 53.6 Å². The average Bonchev–Trinajstić information content (AvgIpc) is 2.99. The first-order valence-electron chi connectivity index (χ1n) is 13.7. The summed E-state index contributed by atoms with van der Waals surface area (Å²) < 4.78 is 27.8. The molecule has 4 rings (SSSR count). The van der Waals surface area contributed by atoms with Gasteiger partial charge < -0.3 is 69.6 Å². The zero-order valence-corrected chi connectivity index (χ0v) is 23.5. The number of aromatic hydroxyl groups is 4. The van der Waals surface area contributed by atoms with E-state index in [0.717, 1.165) is 6.08 Å². The second kappa shape index (κ2) is 14.5. The van der Waals surface area contributed by atoms with Gasteiger partial charge in [0.2, 0.25) is 0 Å². The van der Waals surface area contributed by atoms with E-state index in [-0.39, 0.29) is 30.3 Å². The Labute approximate surface area is 251 Å². The molecule has 44 heavy (non-hydrogen) atoms. The van der Waals surface area contributed by atoms with Crippen LogP contribution in [-0.2, 0) is 34.9 Å². The monoisotopic (exact) mass is 624 g/mol. The van der Waals surface area contributed by atoms with E-state index in [1.807, 2.05) is 0 Å². The molecule has 9 N–H and O–H groups in total. The molecule has 242 valence electrons. The number of hydrogen-bond donors (Lipinski definition) is 9. The molecule has 2 aromatic rings. The lowest BCUT2D eigenvalue weighted by Gasteiger charge is -2.43. The van der Waals surface area contributed by atoms with Crippen LogP contribution in [0.5, 0.6) is 23.0 Å². The molecule has 0 radical (unpaired) electrons. The zero-order valence-electron chi connectivity index (χ0n) is 23.5. The lowest BCUT2D eigenvalue weighted by molar-refractivity contribution is -0.328. The maximum atomic E-state index is 12.7. The topological polar surface area (TPSA) is 245 Å². The first-order chi connectivity index (χ1) is 20.8. The number of hydrogen-bond acceptors (Lipinski definition) is 15. The van der Waals surface area contributed by atoms with Gasteiger partial charge in [-0.1, -0.05) is 12.1 Å². The molecule has 15 nitrogen and oxygen atoms in total. The fraction of sp³-hybridized carbons (Fsp3) is 0.483. The standard InChI is InChI=1S/C29H36O15/c1-13-22(35)23(36)25(38)29(42-13)41-12-20-27(44-21(34)7-4-14-2-5-16(30)18(32)10-14)24(37)26(39)28(43-20)40-9-8-15-3-6-17(31)19(33)11-15/h2-7,10-11,13,20,22-33,35-39H,8-9,12H2,1H3/b7-4+/t13-,20+,22+,23+,24+,25+,26+,27+,28+,29+/m0/s1. The van der Waals surface area contributed by atoms with Crippen molar-refractivity contribution in [2.75, 3.05) is 13.2 Å². The van der Waals surface area contributed by atoms with Crippen molar-refractivity contribution in [2.45, 2.75) is 74.8 Å². The number of phenolic OH excluding ortho intramolecular Hbond substituents is 4. The van der Waals surface area contributed by atoms with Crippen molar-refractivity contribution < 1.29 is 74.4 Å². The predicted octanol–water partition coefficient (Wildman–Crippen LogP) is -1.02. The quantitative estimate of drug-likeness (QED) is 0.0873. The van der Waals surface area contributed by atoms with Gasteiger partial charge in [-0.3, -0.25) is 0 Å². The lowest BCUT2D eigenvalue weighted by atomic mass is 9.98. The second-order valence-electron chi connectivity index (χ2n) is 10.5. The highest BCUT2D eigenvalue weighted by molar-refractivity contribution is 5.87. The molecule has 0 aromatic heterocycles. The van der Waals surface area contributed by atoms with Gasteiger partial charge in [-0.05, 0) is 54.8 Å². The molecule has 2 aromatic carbocycles. The van der Waals surface area contributed by atoms with Gasteiger partial charge in [0.05, 0.1) is 19.3 Å². The van der Waals surface area contributed by atoms with Crippen LogP contribution in [0.1, 0.15) is 18.1 Å². The molecule has 0 saturated carbocycles. The number of benzene rings is 2. The summed E-state index contributed by atoms with van der Waals surface area (Å²) in [6.07, 6.45) is -12.2. The minimum absolute atomic E-state index is 0.0645. The zero-order chi connectivity index (χ0) is 32.1. The van der Waals surface area contributed by atoms with Gasteiger partial charge in [-0.15, -0.1) is 0 Å². The van der Waals surface area contributed by atoms with E-state index >= 15 is 0 Å².